The van der Waals surface area contributed by atoms with Gasteiger partial charge in [-0.2, -0.15) is 0 Å². The molecule has 0 amide bonds. The van der Waals surface area contributed by atoms with Crippen LogP contribution in [0.3, 0.4) is 0 Å². The standard InChI is InChI=1S/C15H21ClN2/c16-15-9-18-4-3-12(15)7-14(17)8-13-6-10-1-2-11(13)5-10/h3-4,9-11,13-14H,1-2,5-8,17H2. The van der Waals surface area contributed by atoms with Gasteiger partial charge in [0, 0.05) is 18.4 Å². The van der Waals surface area contributed by atoms with Crippen LogP contribution >= 0.6 is 11.6 Å². The summed E-state index contributed by atoms with van der Waals surface area (Å²) < 4.78 is 0. The molecule has 2 saturated carbocycles. The molecule has 2 nitrogen and oxygen atoms in total. The van der Waals surface area contributed by atoms with Gasteiger partial charge in [-0.05, 0) is 61.5 Å². The summed E-state index contributed by atoms with van der Waals surface area (Å²) in [4.78, 5) is 4.01. The van der Waals surface area contributed by atoms with Gasteiger partial charge in [-0.1, -0.05) is 18.0 Å². The highest BCUT2D eigenvalue weighted by molar-refractivity contribution is 6.31. The number of hydrogen-bond donors (Lipinski definition) is 1. The average Bonchev–Trinajstić information content (AvgIpc) is 2.94. The second kappa shape index (κ2) is 5.18. The molecule has 2 aliphatic carbocycles. The highest BCUT2D eigenvalue weighted by Crippen LogP contribution is 2.49. The van der Waals surface area contributed by atoms with Crippen LogP contribution in [0.5, 0.6) is 0 Å². The van der Waals surface area contributed by atoms with E-state index in [0.29, 0.717) is 0 Å². The Morgan fingerprint density at radius 2 is 2.28 bits per heavy atom. The molecule has 0 aliphatic heterocycles. The fraction of sp³-hybridized carbons (Fsp3) is 0.667. The van der Waals surface area contributed by atoms with Crippen LogP contribution in [0, 0.1) is 17.8 Å². The van der Waals surface area contributed by atoms with Gasteiger partial charge >= 0.3 is 0 Å². The number of nitrogens with two attached hydrogens (primary N) is 1. The van der Waals surface area contributed by atoms with Crippen molar-refractivity contribution in [3.05, 3.63) is 29.0 Å². The molecule has 2 N–H and O–H groups in total. The van der Waals surface area contributed by atoms with Crippen LogP contribution in [0.1, 0.15) is 37.7 Å². The quantitative estimate of drug-likeness (QED) is 0.905. The van der Waals surface area contributed by atoms with E-state index in [-0.39, 0.29) is 6.04 Å². The zero-order chi connectivity index (χ0) is 12.5. The van der Waals surface area contributed by atoms with Gasteiger partial charge in [-0.25, -0.2) is 0 Å². The van der Waals surface area contributed by atoms with Gasteiger partial charge in [0.1, 0.15) is 0 Å². The smallest absolute Gasteiger partial charge is 0.0621 e. The summed E-state index contributed by atoms with van der Waals surface area (Å²) in [6.07, 6.45) is 11.3. The molecule has 0 spiro atoms. The van der Waals surface area contributed by atoms with Crippen molar-refractivity contribution in [1.82, 2.24) is 4.98 Å². The van der Waals surface area contributed by atoms with E-state index < -0.39 is 0 Å². The fourth-order valence-electron chi connectivity index (χ4n) is 3.99. The predicted molar refractivity (Wildman–Crippen MR) is 74.5 cm³/mol. The Balaban J connectivity index is 1.56. The van der Waals surface area contributed by atoms with Crippen LogP contribution in [0.4, 0.5) is 0 Å². The third kappa shape index (κ3) is 2.55. The van der Waals surface area contributed by atoms with Gasteiger partial charge in [-0.3, -0.25) is 4.98 Å². The lowest BCUT2D eigenvalue weighted by Gasteiger charge is -2.24. The van der Waals surface area contributed by atoms with E-state index in [0.717, 1.165) is 34.8 Å². The zero-order valence-electron chi connectivity index (χ0n) is 10.7. The van der Waals surface area contributed by atoms with E-state index in [1.165, 1.54) is 32.1 Å². The van der Waals surface area contributed by atoms with Gasteiger partial charge < -0.3 is 5.73 Å². The lowest BCUT2D eigenvalue weighted by atomic mass is 9.83. The van der Waals surface area contributed by atoms with E-state index in [4.69, 9.17) is 17.3 Å². The molecule has 1 heterocycles. The minimum atomic E-state index is 0.245. The van der Waals surface area contributed by atoms with Crippen molar-refractivity contribution in [2.45, 2.75) is 44.6 Å². The molecular formula is C15H21ClN2. The molecule has 2 aliphatic rings. The van der Waals surface area contributed by atoms with Crippen molar-refractivity contribution < 1.29 is 0 Å². The highest BCUT2D eigenvalue weighted by Gasteiger charge is 2.39. The second-order valence-electron chi connectivity index (χ2n) is 6.10. The van der Waals surface area contributed by atoms with E-state index in [2.05, 4.69) is 4.98 Å². The molecule has 4 unspecified atom stereocenters. The summed E-state index contributed by atoms with van der Waals surface area (Å²) in [7, 11) is 0. The number of nitrogens with zero attached hydrogens (tertiary/aromatic N) is 1. The monoisotopic (exact) mass is 264 g/mol. The number of hydrogen-bond acceptors (Lipinski definition) is 2. The van der Waals surface area contributed by atoms with Crippen molar-refractivity contribution in [3.8, 4) is 0 Å². The molecule has 4 atom stereocenters. The molecular weight excluding hydrogens is 244 g/mol. The van der Waals surface area contributed by atoms with Crippen molar-refractivity contribution >= 4 is 11.6 Å². The van der Waals surface area contributed by atoms with Gasteiger partial charge in [0.15, 0.2) is 0 Å². The summed E-state index contributed by atoms with van der Waals surface area (Å²) >= 11 is 6.13. The third-order valence-electron chi connectivity index (χ3n) is 4.83. The number of aromatic nitrogens is 1. The number of halogens is 1. The Hall–Kier alpha value is -0.600. The molecule has 2 fully saturated rings. The first-order valence-corrected chi connectivity index (χ1v) is 7.44. The maximum Gasteiger partial charge on any atom is 0.0621 e. The largest absolute Gasteiger partial charge is 0.327 e. The Kier molecular flexibility index (Phi) is 3.58. The van der Waals surface area contributed by atoms with E-state index >= 15 is 0 Å². The lowest BCUT2D eigenvalue weighted by molar-refractivity contribution is 0.294. The summed E-state index contributed by atoms with van der Waals surface area (Å²) in [5, 5.41) is 0.751. The molecule has 3 rings (SSSR count). The van der Waals surface area contributed by atoms with Crippen molar-refractivity contribution in [1.29, 1.82) is 0 Å². The molecule has 1 aromatic heterocycles. The van der Waals surface area contributed by atoms with Crippen molar-refractivity contribution in [2.24, 2.45) is 23.5 Å². The first kappa shape index (κ1) is 12.4. The van der Waals surface area contributed by atoms with Gasteiger partial charge in [0.2, 0.25) is 0 Å². The van der Waals surface area contributed by atoms with Crippen LogP contribution in [0.15, 0.2) is 18.5 Å². The molecule has 0 radical (unpaired) electrons. The van der Waals surface area contributed by atoms with Crippen LogP contribution in [-0.4, -0.2) is 11.0 Å². The average molecular weight is 265 g/mol. The highest BCUT2D eigenvalue weighted by atomic mass is 35.5. The van der Waals surface area contributed by atoms with E-state index in [9.17, 15) is 0 Å². The number of rotatable bonds is 4. The predicted octanol–water partition coefficient (Wildman–Crippen LogP) is 3.43. The van der Waals surface area contributed by atoms with E-state index in [1.807, 2.05) is 6.07 Å². The Labute approximate surface area is 114 Å². The fourth-order valence-corrected chi connectivity index (χ4v) is 4.19. The first-order valence-electron chi connectivity index (χ1n) is 7.06. The van der Waals surface area contributed by atoms with Gasteiger partial charge in [0.05, 0.1) is 5.02 Å². The van der Waals surface area contributed by atoms with Crippen molar-refractivity contribution in [2.75, 3.05) is 0 Å². The Bertz CT molecular complexity index is 421. The first-order chi connectivity index (χ1) is 8.72. The molecule has 2 bridgehead atoms. The molecule has 0 saturated heterocycles. The van der Waals surface area contributed by atoms with Crippen LogP contribution in [-0.2, 0) is 6.42 Å². The van der Waals surface area contributed by atoms with E-state index in [1.54, 1.807) is 12.4 Å². The summed E-state index contributed by atoms with van der Waals surface area (Å²) in [6.45, 7) is 0. The van der Waals surface area contributed by atoms with Crippen LogP contribution in [0.2, 0.25) is 5.02 Å². The van der Waals surface area contributed by atoms with Crippen LogP contribution < -0.4 is 5.73 Å². The summed E-state index contributed by atoms with van der Waals surface area (Å²) in [5.74, 6) is 2.85. The van der Waals surface area contributed by atoms with Crippen LogP contribution in [0.25, 0.3) is 0 Å². The summed E-state index contributed by atoms with van der Waals surface area (Å²) in [5.41, 5.74) is 7.45. The second-order valence-corrected chi connectivity index (χ2v) is 6.51. The lowest BCUT2D eigenvalue weighted by Crippen LogP contribution is -2.28. The third-order valence-corrected chi connectivity index (χ3v) is 5.17. The number of fused-ring (bicyclic) bond motifs is 2. The summed E-state index contributed by atoms with van der Waals surface area (Å²) in [6, 6.07) is 2.23. The molecule has 18 heavy (non-hydrogen) atoms. The molecule has 3 heteroatoms. The maximum absolute atomic E-state index is 6.31. The van der Waals surface area contributed by atoms with Gasteiger partial charge in [0.25, 0.3) is 0 Å². The van der Waals surface area contributed by atoms with Gasteiger partial charge in [-0.15, -0.1) is 0 Å². The molecule has 1 aromatic rings. The SMILES string of the molecule is NC(Cc1ccncc1Cl)CC1CC2CCC1C2. The normalized spacial score (nSPS) is 31.8. The molecule has 0 aromatic carbocycles. The minimum Gasteiger partial charge on any atom is -0.327 e. The number of pyridine rings is 1. The minimum absolute atomic E-state index is 0.245. The zero-order valence-corrected chi connectivity index (χ0v) is 11.4. The maximum atomic E-state index is 6.31. The Morgan fingerprint density at radius 1 is 1.39 bits per heavy atom. The Morgan fingerprint density at radius 3 is 2.94 bits per heavy atom. The van der Waals surface area contributed by atoms with Crippen molar-refractivity contribution in [3.63, 3.8) is 0 Å². The topological polar surface area (TPSA) is 38.9 Å². The molecule has 98 valence electrons.